The van der Waals surface area contributed by atoms with Gasteiger partial charge in [0, 0.05) is 0 Å². The van der Waals surface area contributed by atoms with E-state index in [4.69, 9.17) is 0 Å². The Kier molecular flexibility index (Phi) is 4.02. The predicted octanol–water partition coefficient (Wildman–Crippen LogP) is 4.70. The van der Waals surface area contributed by atoms with Gasteiger partial charge in [-0.2, -0.15) is 0 Å². The summed E-state index contributed by atoms with van der Waals surface area (Å²) in [7, 11) is 0. The molecule has 0 aromatic rings. The summed E-state index contributed by atoms with van der Waals surface area (Å²) in [6.07, 6.45) is 1.25. The van der Waals surface area contributed by atoms with Crippen LogP contribution in [-0.4, -0.2) is 0 Å². The summed E-state index contributed by atoms with van der Waals surface area (Å²) in [5.74, 6) is 2.28. The number of hydrogen-bond acceptors (Lipinski definition) is 0. The summed E-state index contributed by atoms with van der Waals surface area (Å²) in [5.41, 5.74) is 0.815. The lowest BCUT2D eigenvalue weighted by Crippen LogP contribution is -2.37. The van der Waals surface area contributed by atoms with Crippen LogP contribution in [0.3, 0.4) is 0 Å². The minimum atomic E-state index is 0.387. The molecule has 0 saturated heterocycles. The van der Waals surface area contributed by atoms with Crippen LogP contribution in [0, 0.1) is 22.7 Å². The molecule has 0 nitrogen and oxygen atoms in total. The minimum Gasteiger partial charge on any atom is -0.0649 e. The van der Waals surface area contributed by atoms with Crippen LogP contribution in [0.15, 0.2) is 0 Å². The molecule has 1 atom stereocenters. The van der Waals surface area contributed by atoms with Crippen LogP contribution in [-0.2, 0) is 0 Å². The lowest BCUT2D eigenvalue weighted by atomic mass is 9.60. The molecular weight excluding hydrogens is 156 g/mol. The van der Waals surface area contributed by atoms with Crippen molar-refractivity contribution in [2.75, 3.05) is 0 Å². The zero-order valence-corrected chi connectivity index (χ0v) is 10.8. The van der Waals surface area contributed by atoms with Crippen molar-refractivity contribution in [3.8, 4) is 0 Å². The Hall–Kier alpha value is 0. The fourth-order valence-electron chi connectivity index (χ4n) is 3.02. The van der Waals surface area contributed by atoms with Gasteiger partial charge in [0.25, 0.3) is 0 Å². The van der Waals surface area contributed by atoms with Crippen LogP contribution >= 0.6 is 0 Å². The van der Waals surface area contributed by atoms with Gasteiger partial charge in [0.15, 0.2) is 0 Å². The largest absolute Gasteiger partial charge is 0.0649 e. The first kappa shape index (κ1) is 13.0. The molecule has 0 rings (SSSR count). The molecule has 0 aliphatic rings. The Labute approximate surface area is 85.1 Å². The van der Waals surface area contributed by atoms with Crippen molar-refractivity contribution < 1.29 is 0 Å². The lowest BCUT2D eigenvalue weighted by Gasteiger charge is -2.45. The van der Waals surface area contributed by atoms with E-state index in [0.29, 0.717) is 16.7 Å². The molecule has 0 aromatic heterocycles. The topological polar surface area (TPSA) is 0 Å². The van der Waals surface area contributed by atoms with Crippen LogP contribution in [0.2, 0.25) is 0 Å². The van der Waals surface area contributed by atoms with Crippen molar-refractivity contribution in [1.82, 2.24) is 0 Å². The van der Waals surface area contributed by atoms with E-state index in [1.54, 1.807) is 5.92 Å². The molecule has 0 bridgehead atoms. The van der Waals surface area contributed by atoms with Crippen molar-refractivity contribution in [1.29, 1.82) is 0 Å². The van der Waals surface area contributed by atoms with Crippen LogP contribution < -0.4 is 0 Å². The van der Waals surface area contributed by atoms with E-state index >= 15 is 0 Å². The molecule has 0 aliphatic heterocycles. The Morgan fingerprint density at radius 3 is 1.46 bits per heavy atom. The van der Waals surface area contributed by atoms with Crippen molar-refractivity contribution in [3.63, 3.8) is 0 Å². The lowest BCUT2D eigenvalue weighted by molar-refractivity contribution is 0.0959. The molecule has 1 unspecified atom stereocenters. The minimum absolute atomic E-state index is 0.387. The summed E-state index contributed by atoms with van der Waals surface area (Å²) in [5, 5.41) is 0. The molecule has 0 amide bonds. The summed E-state index contributed by atoms with van der Waals surface area (Å²) in [4.78, 5) is 0. The van der Waals surface area contributed by atoms with Crippen LogP contribution in [0.4, 0.5) is 0 Å². The second-order valence-electron chi connectivity index (χ2n) is 6.22. The zero-order valence-electron chi connectivity index (χ0n) is 10.8. The maximum Gasteiger partial charge on any atom is -0.0257 e. The molecule has 0 fully saturated rings. The SMILES string of the molecule is CCC(C)(C)C([C](C)C)C(C)(C)C. The van der Waals surface area contributed by atoms with Crippen LogP contribution in [0.1, 0.15) is 61.8 Å². The van der Waals surface area contributed by atoms with Gasteiger partial charge >= 0.3 is 0 Å². The van der Waals surface area contributed by atoms with Crippen molar-refractivity contribution in [2.24, 2.45) is 16.7 Å². The van der Waals surface area contributed by atoms with E-state index in [9.17, 15) is 0 Å². The van der Waals surface area contributed by atoms with E-state index in [1.165, 1.54) is 6.42 Å². The molecule has 13 heavy (non-hydrogen) atoms. The summed E-state index contributed by atoms with van der Waals surface area (Å²) in [6, 6.07) is 0. The molecule has 0 spiro atoms. The number of rotatable bonds is 3. The fraction of sp³-hybridized carbons (Fsp3) is 0.923. The molecule has 0 heteroatoms. The van der Waals surface area contributed by atoms with E-state index in [-0.39, 0.29) is 0 Å². The van der Waals surface area contributed by atoms with Gasteiger partial charge in [-0.05, 0) is 22.7 Å². The van der Waals surface area contributed by atoms with Gasteiger partial charge in [0.05, 0.1) is 0 Å². The maximum atomic E-state index is 2.38. The Morgan fingerprint density at radius 1 is 1.00 bits per heavy atom. The molecule has 0 heterocycles. The molecule has 0 saturated carbocycles. The van der Waals surface area contributed by atoms with Crippen LogP contribution in [0.5, 0.6) is 0 Å². The average Bonchev–Trinajstić information content (AvgIpc) is 1.82. The highest BCUT2D eigenvalue weighted by molar-refractivity contribution is 5.00. The van der Waals surface area contributed by atoms with Crippen molar-refractivity contribution in [2.45, 2.75) is 61.8 Å². The first-order chi connectivity index (χ1) is 5.63. The van der Waals surface area contributed by atoms with Gasteiger partial charge in [-0.1, -0.05) is 61.8 Å². The molecule has 0 N–H and O–H groups in total. The second-order valence-corrected chi connectivity index (χ2v) is 6.22. The highest BCUT2D eigenvalue weighted by atomic mass is 14.4. The third kappa shape index (κ3) is 3.32. The van der Waals surface area contributed by atoms with Gasteiger partial charge in [0.1, 0.15) is 0 Å². The predicted molar refractivity (Wildman–Crippen MR) is 61.6 cm³/mol. The molecule has 79 valence electrons. The van der Waals surface area contributed by atoms with Gasteiger partial charge in [-0.15, -0.1) is 0 Å². The first-order valence-corrected chi connectivity index (χ1v) is 5.43. The monoisotopic (exact) mass is 183 g/mol. The maximum absolute atomic E-state index is 2.38. The highest BCUT2D eigenvalue weighted by Gasteiger charge is 2.38. The highest BCUT2D eigenvalue weighted by Crippen LogP contribution is 2.47. The smallest absolute Gasteiger partial charge is 0.0257 e. The zero-order chi connectivity index (χ0) is 10.9. The molecular formula is C13H27. The van der Waals surface area contributed by atoms with Gasteiger partial charge in [-0.3, -0.25) is 0 Å². The third-order valence-corrected chi connectivity index (χ3v) is 3.14. The van der Waals surface area contributed by atoms with E-state index in [0.717, 1.165) is 0 Å². The van der Waals surface area contributed by atoms with Crippen LogP contribution in [0.25, 0.3) is 0 Å². The fourth-order valence-corrected chi connectivity index (χ4v) is 3.02. The van der Waals surface area contributed by atoms with E-state index < -0.39 is 0 Å². The third-order valence-electron chi connectivity index (χ3n) is 3.14. The molecule has 1 radical (unpaired) electrons. The van der Waals surface area contributed by atoms with E-state index in [2.05, 4.69) is 55.4 Å². The summed E-state index contributed by atoms with van der Waals surface area (Å²) in [6.45, 7) is 18.7. The Morgan fingerprint density at radius 2 is 1.38 bits per heavy atom. The Bertz CT molecular complexity index is 146. The summed E-state index contributed by atoms with van der Waals surface area (Å²) >= 11 is 0. The van der Waals surface area contributed by atoms with Gasteiger partial charge in [-0.25, -0.2) is 0 Å². The normalized spacial score (nSPS) is 16.4. The van der Waals surface area contributed by atoms with Gasteiger partial charge in [0.2, 0.25) is 0 Å². The molecule has 0 aromatic carbocycles. The van der Waals surface area contributed by atoms with Gasteiger partial charge < -0.3 is 0 Å². The Balaban J connectivity index is 4.83. The quantitative estimate of drug-likeness (QED) is 0.595. The first-order valence-electron chi connectivity index (χ1n) is 5.43. The van der Waals surface area contributed by atoms with Crippen molar-refractivity contribution >= 4 is 0 Å². The second kappa shape index (κ2) is 4.02. The molecule has 0 aliphatic carbocycles. The average molecular weight is 183 g/mol. The standard InChI is InChI=1S/C13H27/c1-9-13(7,8)11(10(2)3)12(4,5)6/h11H,9H2,1-8H3. The summed E-state index contributed by atoms with van der Waals surface area (Å²) < 4.78 is 0. The van der Waals surface area contributed by atoms with Crippen molar-refractivity contribution in [3.05, 3.63) is 5.92 Å². The number of hydrogen-bond donors (Lipinski definition) is 0. The van der Waals surface area contributed by atoms with E-state index in [1.807, 2.05) is 0 Å².